The molecule has 3 rings (SSSR count). The molecule has 1 aliphatic heterocycles. The Labute approximate surface area is 132 Å². The van der Waals surface area contributed by atoms with E-state index in [0.717, 1.165) is 16.4 Å². The van der Waals surface area contributed by atoms with Gasteiger partial charge in [0.15, 0.2) is 0 Å². The molecule has 0 saturated heterocycles. The van der Waals surface area contributed by atoms with E-state index in [9.17, 15) is 9.59 Å². The second-order valence-corrected chi connectivity index (χ2v) is 7.87. The summed E-state index contributed by atoms with van der Waals surface area (Å²) in [5, 5.41) is 0. The Morgan fingerprint density at radius 3 is 2.86 bits per heavy atom. The summed E-state index contributed by atoms with van der Waals surface area (Å²) in [6.07, 6.45) is 6.27. The molecule has 0 spiro atoms. The fourth-order valence-corrected chi connectivity index (χ4v) is 5.24. The predicted octanol–water partition coefficient (Wildman–Crippen LogP) is 3.55. The molecule has 1 aromatic rings. The van der Waals surface area contributed by atoms with Crippen LogP contribution in [0.2, 0.25) is 0 Å². The zero-order valence-electron chi connectivity index (χ0n) is 12.1. The van der Waals surface area contributed by atoms with Crippen LogP contribution >= 0.6 is 23.1 Å². The van der Waals surface area contributed by atoms with Crippen molar-refractivity contribution in [2.75, 3.05) is 24.3 Å². The number of thioether (sulfide) groups is 1. The molecule has 0 bridgehead atoms. The van der Waals surface area contributed by atoms with Crippen molar-refractivity contribution in [2.45, 2.75) is 36.3 Å². The van der Waals surface area contributed by atoms with E-state index in [0.29, 0.717) is 16.5 Å². The number of rotatable bonds is 3. The lowest BCUT2D eigenvalue weighted by Gasteiger charge is -2.32. The van der Waals surface area contributed by atoms with Gasteiger partial charge in [-0.3, -0.25) is 4.79 Å². The van der Waals surface area contributed by atoms with Crippen LogP contribution < -0.4 is 4.90 Å². The Morgan fingerprint density at radius 2 is 2.14 bits per heavy atom. The Morgan fingerprint density at radius 1 is 1.38 bits per heavy atom. The molecule has 2 aliphatic rings. The van der Waals surface area contributed by atoms with Crippen LogP contribution in [0.15, 0.2) is 10.3 Å². The second-order valence-electron chi connectivity index (χ2n) is 5.57. The molecule has 1 saturated carbocycles. The van der Waals surface area contributed by atoms with Gasteiger partial charge in [-0.25, -0.2) is 4.79 Å². The molecule has 1 fully saturated rings. The third kappa shape index (κ3) is 3.11. The van der Waals surface area contributed by atoms with Crippen LogP contribution in [0.5, 0.6) is 0 Å². The Balaban J connectivity index is 1.82. The summed E-state index contributed by atoms with van der Waals surface area (Å²) in [7, 11) is 1.39. The number of carbonyl (C=O) groups excluding carboxylic acids is 2. The van der Waals surface area contributed by atoms with Crippen LogP contribution in [-0.4, -0.2) is 31.3 Å². The van der Waals surface area contributed by atoms with E-state index in [1.54, 1.807) is 0 Å². The van der Waals surface area contributed by atoms with E-state index in [1.807, 2.05) is 11.0 Å². The lowest BCUT2D eigenvalue weighted by atomic mass is 9.89. The fraction of sp³-hybridized carbons (Fsp3) is 0.600. The lowest BCUT2D eigenvalue weighted by molar-refractivity contribution is -0.116. The summed E-state index contributed by atoms with van der Waals surface area (Å²) in [5.74, 6) is 0.911. The summed E-state index contributed by atoms with van der Waals surface area (Å²) < 4.78 is 5.85. The number of methoxy groups -OCH3 is 1. The van der Waals surface area contributed by atoms with Crippen molar-refractivity contribution in [3.05, 3.63) is 10.9 Å². The molecule has 4 nitrogen and oxygen atoms in total. The summed E-state index contributed by atoms with van der Waals surface area (Å²) >= 11 is 2.96. The van der Waals surface area contributed by atoms with Gasteiger partial charge in [0.25, 0.3) is 0 Å². The number of fused-ring (bicyclic) bond motifs is 1. The van der Waals surface area contributed by atoms with Gasteiger partial charge in [-0.2, -0.15) is 0 Å². The van der Waals surface area contributed by atoms with Gasteiger partial charge in [-0.1, -0.05) is 19.3 Å². The van der Waals surface area contributed by atoms with Crippen LogP contribution in [0.4, 0.5) is 5.69 Å². The maximum absolute atomic E-state index is 12.3. The molecular weight excluding hydrogens is 306 g/mol. The minimum Gasteiger partial charge on any atom is -0.465 e. The largest absolute Gasteiger partial charge is 0.465 e. The Bertz CT molecular complexity index is 549. The highest BCUT2D eigenvalue weighted by Gasteiger charge is 2.30. The van der Waals surface area contributed by atoms with E-state index < -0.39 is 0 Å². The first kappa shape index (κ1) is 14.9. The topological polar surface area (TPSA) is 46.6 Å². The zero-order valence-corrected chi connectivity index (χ0v) is 13.7. The number of hydrogen-bond acceptors (Lipinski definition) is 5. The van der Waals surface area contributed by atoms with Gasteiger partial charge < -0.3 is 9.64 Å². The van der Waals surface area contributed by atoms with Crippen molar-refractivity contribution in [2.24, 2.45) is 5.92 Å². The van der Waals surface area contributed by atoms with Gasteiger partial charge in [-0.15, -0.1) is 23.1 Å². The quantitative estimate of drug-likeness (QED) is 0.797. The summed E-state index contributed by atoms with van der Waals surface area (Å²) in [4.78, 5) is 26.4. The molecule has 1 aromatic heterocycles. The van der Waals surface area contributed by atoms with Crippen molar-refractivity contribution in [1.29, 1.82) is 0 Å². The molecule has 0 radical (unpaired) electrons. The van der Waals surface area contributed by atoms with Gasteiger partial charge in [-0.05, 0) is 24.8 Å². The number of anilines is 1. The molecule has 114 valence electrons. The van der Waals surface area contributed by atoms with Gasteiger partial charge in [0.05, 0.1) is 22.8 Å². The molecule has 0 aromatic carbocycles. The van der Waals surface area contributed by atoms with Gasteiger partial charge in [0, 0.05) is 6.54 Å². The Hall–Kier alpha value is -1.01. The summed E-state index contributed by atoms with van der Waals surface area (Å²) in [6, 6.07) is 1.82. The van der Waals surface area contributed by atoms with Crippen LogP contribution in [0.25, 0.3) is 0 Å². The average Bonchev–Trinajstić information content (AvgIpc) is 2.95. The molecule has 2 heterocycles. The molecule has 0 unspecified atom stereocenters. The van der Waals surface area contributed by atoms with Gasteiger partial charge in [0.2, 0.25) is 5.91 Å². The highest BCUT2D eigenvalue weighted by Crippen LogP contribution is 2.43. The number of hydrogen-bond donors (Lipinski definition) is 0. The van der Waals surface area contributed by atoms with Crippen molar-refractivity contribution >= 4 is 40.7 Å². The van der Waals surface area contributed by atoms with Crippen LogP contribution in [0, 0.1) is 5.92 Å². The minimum atomic E-state index is -0.319. The standard InChI is InChI=1S/C15H19NO3S2/c1-19-14(18)12-7-11-15(21-12)20-9-13(17)16(11)8-10-5-3-2-4-6-10/h7,10H,2-6,8-9H2,1H3. The first-order valence-corrected chi connectivity index (χ1v) is 9.14. The Kier molecular flexibility index (Phi) is 4.54. The maximum atomic E-state index is 12.3. The smallest absolute Gasteiger partial charge is 0.348 e. The number of nitrogens with zero attached hydrogens (tertiary/aromatic N) is 1. The molecule has 21 heavy (non-hydrogen) atoms. The second kappa shape index (κ2) is 6.40. The molecule has 1 amide bonds. The highest BCUT2D eigenvalue weighted by molar-refractivity contribution is 8.02. The summed E-state index contributed by atoms with van der Waals surface area (Å²) in [6.45, 7) is 0.795. The maximum Gasteiger partial charge on any atom is 0.348 e. The van der Waals surface area contributed by atoms with E-state index in [1.165, 1.54) is 62.3 Å². The van der Waals surface area contributed by atoms with Crippen molar-refractivity contribution in [3.8, 4) is 0 Å². The molecule has 0 N–H and O–H groups in total. The number of esters is 1. The van der Waals surface area contributed by atoms with Crippen molar-refractivity contribution < 1.29 is 14.3 Å². The first-order chi connectivity index (χ1) is 10.2. The van der Waals surface area contributed by atoms with E-state index in [-0.39, 0.29) is 11.9 Å². The number of carbonyl (C=O) groups is 2. The average molecular weight is 325 g/mol. The highest BCUT2D eigenvalue weighted by atomic mass is 32.2. The number of ether oxygens (including phenoxy) is 1. The monoisotopic (exact) mass is 325 g/mol. The number of thiophene rings is 1. The van der Waals surface area contributed by atoms with Crippen LogP contribution in [-0.2, 0) is 9.53 Å². The fourth-order valence-electron chi connectivity index (χ4n) is 3.03. The van der Waals surface area contributed by atoms with Crippen molar-refractivity contribution in [3.63, 3.8) is 0 Å². The molecule has 0 atom stereocenters. The summed E-state index contributed by atoms with van der Waals surface area (Å²) in [5.41, 5.74) is 0.909. The van der Waals surface area contributed by atoms with E-state index in [2.05, 4.69) is 0 Å². The van der Waals surface area contributed by atoms with Crippen molar-refractivity contribution in [1.82, 2.24) is 0 Å². The first-order valence-electron chi connectivity index (χ1n) is 7.34. The van der Waals surface area contributed by atoms with Crippen LogP contribution in [0.1, 0.15) is 41.8 Å². The molecule has 1 aliphatic carbocycles. The minimum absolute atomic E-state index is 0.160. The SMILES string of the molecule is COC(=O)c1cc2c(s1)SCC(=O)N2CC1CCCCC1. The van der Waals surface area contributed by atoms with E-state index in [4.69, 9.17) is 4.74 Å². The predicted molar refractivity (Wildman–Crippen MR) is 85.3 cm³/mol. The third-order valence-electron chi connectivity index (χ3n) is 4.15. The molecule has 6 heteroatoms. The molecular formula is C15H19NO3S2. The van der Waals surface area contributed by atoms with Gasteiger partial charge >= 0.3 is 5.97 Å². The van der Waals surface area contributed by atoms with E-state index >= 15 is 0 Å². The lowest BCUT2D eigenvalue weighted by Crippen LogP contribution is -2.39. The van der Waals surface area contributed by atoms with Gasteiger partial charge in [0.1, 0.15) is 4.88 Å². The zero-order chi connectivity index (χ0) is 14.8. The number of amides is 1. The van der Waals surface area contributed by atoms with Crippen LogP contribution in [0.3, 0.4) is 0 Å². The normalized spacial score (nSPS) is 19.5. The third-order valence-corrected chi connectivity index (χ3v) is 6.52.